The fraction of sp³-hybridized carbons (Fsp3) is 0.208. The molecule has 0 saturated heterocycles. The van der Waals surface area contributed by atoms with Crippen molar-refractivity contribution in [2.24, 2.45) is 0 Å². The number of aliphatic carboxylic acids is 1. The number of amides is 1. The number of ether oxygens (including phenoxy) is 1. The van der Waals surface area contributed by atoms with Gasteiger partial charge in [0.1, 0.15) is 12.6 Å². The molecule has 0 spiro atoms. The molecule has 4 rings (SSSR count). The summed E-state index contributed by atoms with van der Waals surface area (Å²) in [5.74, 6) is -1.20. The minimum atomic E-state index is -1.12. The van der Waals surface area contributed by atoms with Gasteiger partial charge < -0.3 is 15.2 Å². The number of fused-ring (bicyclic) bond motifs is 3. The molecule has 0 saturated carbocycles. The van der Waals surface area contributed by atoms with E-state index in [4.69, 9.17) is 4.74 Å². The molecule has 1 amide bonds. The highest BCUT2D eigenvalue weighted by molar-refractivity contribution is 5.81. The second-order valence-corrected chi connectivity index (χ2v) is 7.44. The van der Waals surface area contributed by atoms with Crippen LogP contribution in [-0.4, -0.2) is 34.8 Å². The largest absolute Gasteiger partial charge is 0.480 e. The number of carboxylic acid groups (broad SMARTS) is 1. The smallest absolute Gasteiger partial charge is 0.407 e. The lowest BCUT2D eigenvalue weighted by atomic mass is 9.98. The normalized spacial score (nSPS) is 13.2. The molecule has 3 aromatic rings. The van der Waals surface area contributed by atoms with E-state index in [0.29, 0.717) is 0 Å². The maximum atomic E-state index is 12.4. The number of hydrogen-bond donors (Lipinski definition) is 2. The van der Waals surface area contributed by atoms with Crippen molar-refractivity contribution < 1.29 is 19.4 Å². The van der Waals surface area contributed by atoms with Gasteiger partial charge in [0, 0.05) is 24.7 Å². The van der Waals surface area contributed by atoms with Crippen molar-refractivity contribution in [3.05, 3.63) is 89.2 Å². The summed E-state index contributed by atoms with van der Waals surface area (Å²) in [6.45, 7) is 2.02. The number of aromatic nitrogens is 1. The molecule has 30 heavy (non-hydrogen) atoms. The lowest BCUT2D eigenvalue weighted by Crippen LogP contribution is -2.43. The van der Waals surface area contributed by atoms with Crippen LogP contribution in [0.15, 0.2) is 67.0 Å². The summed E-state index contributed by atoms with van der Waals surface area (Å²) in [6.07, 6.45) is 2.68. The zero-order chi connectivity index (χ0) is 21.1. The lowest BCUT2D eigenvalue weighted by molar-refractivity contribution is -0.139. The van der Waals surface area contributed by atoms with Gasteiger partial charge in [-0.2, -0.15) is 0 Å². The van der Waals surface area contributed by atoms with Gasteiger partial charge in [-0.25, -0.2) is 9.59 Å². The Bertz CT molecular complexity index is 1050. The molecule has 2 aromatic carbocycles. The minimum Gasteiger partial charge on any atom is -0.480 e. The van der Waals surface area contributed by atoms with Gasteiger partial charge >= 0.3 is 12.1 Å². The van der Waals surface area contributed by atoms with Gasteiger partial charge in [0.2, 0.25) is 0 Å². The van der Waals surface area contributed by atoms with Crippen LogP contribution in [0.5, 0.6) is 0 Å². The molecule has 1 aliphatic rings. The molecule has 1 unspecified atom stereocenters. The Hall–Kier alpha value is -3.67. The first-order valence-electron chi connectivity index (χ1n) is 9.78. The fourth-order valence-corrected chi connectivity index (χ4v) is 3.95. The Morgan fingerprint density at radius 2 is 1.70 bits per heavy atom. The molecule has 2 N–H and O–H groups in total. The van der Waals surface area contributed by atoms with Crippen LogP contribution in [0.3, 0.4) is 0 Å². The van der Waals surface area contributed by atoms with E-state index in [9.17, 15) is 14.7 Å². The number of carboxylic acids is 1. The topological polar surface area (TPSA) is 88.5 Å². The highest BCUT2D eigenvalue weighted by Crippen LogP contribution is 2.44. The van der Waals surface area contributed by atoms with Gasteiger partial charge in [0.25, 0.3) is 0 Å². The molecular formula is C24H22N2O4. The zero-order valence-electron chi connectivity index (χ0n) is 16.5. The molecule has 0 radical (unpaired) electrons. The highest BCUT2D eigenvalue weighted by Gasteiger charge is 2.29. The van der Waals surface area contributed by atoms with Crippen molar-refractivity contribution in [1.29, 1.82) is 0 Å². The monoisotopic (exact) mass is 402 g/mol. The average molecular weight is 402 g/mol. The molecule has 152 valence electrons. The quantitative estimate of drug-likeness (QED) is 0.652. The van der Waals surface area contributed by atoms with Gasteiger partial charge in [-0.3, -0.25) is 4.98 Å². The molecule has 1 heterocycles. The zero-order valence-corrected chi connectivity index (χ0v) is 16.5. The maximum Gasteiger partial charge on any atom is 0.407 e. The van der Waals surface area contributed by atoms with Crippen molar-refractivity contribution in [1.82, 2.24) is 10.3 Å². The number of carbonyl (C=O) groups excluding carboxylic acids is 1. The number of aryl methyl sites for hydroxylation is 1. The third kappa shape index (κ3) is 4.03. The van der Waals surface area contributed by atoms with E-state index in [1.807, 2.05) is 49.4 Å². The van der Waals surface area contributed by atoms with Crippen molar-refractivity contribution in [2.75, 3.05) is 6.61 Å². The molecule has 0 fully saturated rings. The average Bonchev–Trinajstić information content (AvgIpc) is 3.06. The van der Waals surface area contributed by atoms with Crippen molar-refractivity contribution in [2.45, 2.75) is 25.3 Å². The van der Waals surface area contributed by atoms with Crippen molar-refractivity contribution in [3.8, 4) is 11.1 Å². The van der Waals surface area contributed by atoms with Crippen LogP contribution in [0.25, 0.3) is 11.1 Å². The van der Waals surface area contributed by atoms with Crippen LogP contribution in [0.4, 0.5) is 4.79 Å². The molecule has 0 bridgehead atoms. The fourth-order valence-electron chi connectivity index (χ4n) is 3.95. The van der Waals surface area contributed by atoms with Gasteiger partial charge in [-0.05, 0) is 40.3 Å². The lowest BCUT2D eigenvalue weighted by Gasteiger charge is -2.17. The molecule has 1 atom stereocenters. The van der Waals surface area contributed by atoms with Crippen LogP contribution in [0.1, 0.15) is 28.2 Å². The summed E-state index contributed by atoms with van der Waals surface area (Å²) in [5.41, 5.74) is 6.15. The molecule has 0 aliphatic heterocycles. The Morgan fingerprint density at radius 1 is 1.07 bits per heavy atom. The van der Waals surface area contributed by atoms with Crippen LogP contribution < -0.4 is 5.32 Å². The number of nitrogens with one attached hydrogen (secondary N) is 1. The molecule has 1 aliphatic carbocycles. The van der Waals surface area contributed by atoms with E-state index in [-0.39, 0.29) is 18.9 Å². The molecule has 1 aromatic heterocycles. The van der Waals surface area contributed by atoms with E-state index in [1.165, 1.54) is 0 Å². The predicted molar refractivity (Wildman–Crippen MR) is 112 cm³/mol. The predicted octanol–water partition coefficient (Wildman–Crippen LogP) is 3.92. The van der Waals surface area contributed by atoms with Crippen LogP contribution in [0, 0.1) is 6.92 Å². The van der Waals surface area contributed by atoms with E-state index >= 15 is 0 Å². The molecular weight excluding hydrogens is 380 g/mol. The summed E-state index contributed by atoms with van der Waals surface area (Å²) in [7, 11) is 0. The standard InChI is InChI=1S/C24H22N2O4/c1-15-10-16(13-25-12-15)11-22(23(27)28)26-24(29)30-14-21-19-8-4-2-6-17(19)18-7-3-5-9-20(18)21/h2-10,12-13,21-22H,11,14H2,1H3,(H,26,29)(H,27,28). The van der Waals surface area contributed by atoms with E-state index in [0.717, 1.165) is 33.4 Å². The van der Waals surface area contributed by atoms with Crippen LogP contribution in [0.2, 0.25) is 0 Å². The SMILES string of the molecule is Cc1cncc(CC(NC(=O)OCC2c3ccccc3-c3ccccc32)C(=O)O)c1. The van der Waals surface area contributed by atoms with Crippen LogP contribution >= 0.6 is 0 Å². The Kier molecular flexibility index (Phi) is 5.48. The van der Waals surface area contributed by atoms with Crippen molar-refractivity contribution >= 4 is 12.1 Å². The Labute approximate surface area is 174 Å². The second kappa shape index (κ2) is 8.37. The number of nitrogens with zero attached hydrogens (tertiary/aromatic N) is 1. The van der Waals surface area contributed by atoms with Crippen LogP contribution in [-0.2, 0) is 16.0 Å². The summed E-state index contributed by atoms with van der Waals surface area (Å²) < 4.78 is 5.45. The summed E-state index contributed by atoms with van der Waals surface area (Å²) >= 11 is 0. The van der Waals surface area contributed by atoms with Gasteiger partial charge in [-0.1, -0.05) is 54.6 Å². The van der Waals surface area contributed by atoms with E-state index < -0.39 is 18.1 Å². The summed E-state index contributed by atoms with van der Waals surface area (Å²) in [5, 5.41) is 12.0. The number of pyridine rings is 1. The first-order valence-corrected chi connectivity index (χ1v) is 9.78. The second-order valence-electron chi connectivity index (χ2n) is 7.44. The van der Waals surface area contributed by atoms with Gasteiger partial charge in [-0.15, -0.1) is 0 Å². The summed E-state index contributed by atoms with van der Waals surface area (Å²) in [6, 6.07) is 16.9. The first kappa shape index (κ1) is 19.6. The molecule has 6 heteroatoms. The maximum absolute atomic E-state index is 12.4. The van der Waals surface area contributed by atoms with Crippen molar-refractivity contribution in [3.63, 3.8) is 0 Å². The van der Waals surface area contributed by atoms with E-state index in [2.05, 4.69) is 22.4 Å². The minimum absolute atomic E-state index is 0.0765. The third-order valence-electron chi connectivity index (χ3n) is 5.31. The third-order valence-corrected chi connectivity index (χ3v) is 5.31. The van der Waals surface area contributed by atoms with E-state index in [1.54, 1.807) is 12.4 Å². The van der Waals surface area contributed by atoms with Gasteiger partial charge in [0.05, 0.1) is 0 Å². The highest BCUT2D eigenvalue weighted by atomic mass is 16.5. The van der Waals surface area contributed by atoms with Gasteiger partial charge in [0.15, 0.2) is 0 Å². The Balaban J connectivity index is 1.43. The number of rotatable bonds is 6. The summed E-state index contributed by atoms with van der Waals surface area (Å²) in [4.78, 5) is 28.1. The first-order chi connectivity index (χ1) is 14.5. The number of hydrogen-bond acceptors (Lipinski definition) is 4. The molecule has 6 nitrogen and oxygen atoms in total. The number of carbonyl (C=O) groups is 2. The number of benzene rings is 2. The Morgan fingerprint density at radius 3 is 2.30 bits per heavy atom. The number of alkyl carbamates (subject to hydrolysis) is 1.